The van der Waals surface area contributed by atoms with Crippen molar-refractivity contribution < 1.29 is 17.9 Å². The summed E-state index contributed by atoms with van der Waals surface area (Å²) in [6.45, 7) is 0. The minimum absolute atomic E-state index is 0.0340. The normalized spacial score (nSPS) is 11.3. The number of hydrogen-bond donors (Lipinski definition) is 0. The third kappa shape index (κ3) is 3.06. The minimum Gasteiger partial charge on any atom is -0.465 e. The second-order valence-corrected chi connectivity index (χ2v) is 8.15. The summed E-state index contributed by atoms with van der Waals surface area (Å²) in [7, 11) is 2.53. The van der Waals surface area contributed by atoms with Crippen LogP contribution in [0.25, 0.3) is 10.4 Å². The summed E-state index contributed by atoms with van der Waals surface area (Å²) in [6.07, 6.45) is 0. The highest BCUT2D eigenvalue weighted by atomic mass is 79.9. The van der Waals surface area contributed by atoms with Gasteiger partial charge in [0.05, 0.1) is 7.11 Å². The monoisotopic (exact) mass is 394 g/mol. The molecule has 0 aliphatic rings. The zero-order valence-electron chi connectivity index (χ0n) is 10.1. The van der Waals surface area contributed by atoms with Crippen molar-refractivity contribution >= 4 is 53.0 Å². The van der Waals surface area contributed by atoms with Crippen molar-refractivity contribution in [3.63, 3.8) is 0 Å². The molecule has 20 heavy (non-hydrogen) atoms. The van der Waals surface area contributed by atoms with Gasteiger partial charge in [-0.25, -0.2) is 13.2 Å². The molecule has 0 atom stereocenters. The fourth-order valence-corrected chi connectivity index (χ4v) is 4.82. The average Bonchev–Trinajstić information content (AvgIpc) is 2.83. The fraction of sp³-hybridized carbons (Fsp3) is 0.0833. The molecule has 106 valence electrons. The summed E-state index contributed by atoms with van der Waals surface area (Å²) >= 11 is 4.40. The fourth-order valence-electron chi connectivity index (χ4n) is 1.58. The number of esters is 1. The van der Waals surface area contributed by atoms with E-state index in [0.29, 0.717) is 4.88 Å². The first-order valence-electron chi connectivity index (χ1n) is 5.26. The quantitative estimate of drug-likeness (QED) is 0.584. The molecule has 0 aliphatic heterocycles. The SMILES string of the molecule is COC(=O)c1sc(-c2ccccc2Br)cc1S(=O)(=O)Cl. The van der Waals surface area contributed by atoms with Crippen LogP contribution in [-0.2, 0) is 13.8 Å². The van der Waals surface area contributed by atoms with E-state index < -0.39 is 15.0 Å². The first-order valence-corrected chi connectivity index (χ1v) is 9.18. The smallest absolute Gasteiger partial charge is 0.349 e. The molecule has 0 radical (unpaired) electrons. The molecule has 0 saturated heterocycles. The van der Waals surface area contributed by atoms with E-state index in [0.717, 1.165) is 21.4 Å². The summed E-state index contributed by atoms with van der Waals surface area (Å²) in [5.74, 6) is -0.729. The molecule has 0 saturated carbocycles. The molecule has 0 spiro atoms. The Hall–Kier alpha value is -0.890. The number of ether oxygens (including phenoxy) is 1. The maximum Gasteiger partial charge on any atom is 0.349 e. The molecule has 1 aromatic carbocycles. The number of rotatable bonds is 3. The third-order valence-electron chi connectivity index (χ3n) is 2.47. The van der Waals surface area contributed by atoms with Crippen molar-refractivity contribution in [2.24, 2.45) is 0 Å². The Morgan fingerprint density at radius 3 is 2.55 bits per heavy atom. The number of hydrogen-bond acceptors (Lipinski definition) is 5. The number of carbonyl (C=O) groups excluding carboxylic acids is 1. The standard InChI is InChI=1S/C12H8BrClO4S2/c1-18-12(15)11-10(20(14,16)17)6-9(19-11)7-4-2-3-5-8(7)13/h2-6H,1H3. The van der Waals surface area contributed by atoms with Crippen LogP contribution in [0.15, 0.2) is 39.7 Å². The summed E-state index contributed by atoms with van der Waals surface area (Å²) in [5, 5.41) is 0. The van der Waals surface area contributed by atoms with Crippen LogP contribution in [-0.4, -0.2) is 21.5 Å². The predicted molar refractivity (Wildman–Crippen MR) is 81.8 cm³/mol. The number of carbonyl (C=O) groups is 1. The van der Waals surface area contributed by atoms with Crippen LogP contribution in [0.1, 0.15) is 9.67 Å². The van der Waals surface area contributed by atoms with Gasteiger partial charge in [0, 0.05) is 25.6 Å². The van der Waals surface area contributed by atoms with Gasteiger partial charge in [0.2, 0.25) is 0 Å². The van der Waals surface area contributed by atoms with Crippen LogP contribution >= 0.6 is 37.9 Å². The van der Waals surface area contributed by atoms with E-state index in [1.165, 1.54) is 13.2 Å². The summed E-state index contributed by atoms with van der Waals surface area (Å²) < 4.78 is 28.5. The van der Waals surface area contributed by atoms with Crippen LogP contribution in [0.3, 0.4) is 0 Å². The predicted octanol–water partition coefficient (Wildman–Crippen LogP) is 3.89. The number of halogens is 2. The molecule has 0 aliphatic carbocycles. The van der Waals surface area contributed by atoms with E-state index >= 15 is 0 Å². The second-order valence-electron chi connectivity index (χ2n) is 3.71. The molecule has 4 nitrogen and oxygen atoms in total. The highest BCUT2D eigenvalue weighted by Crippen LogP contribution is 2.38. The van der Waals surface area contributed by atoms with Gasteiger partial charge in [-0.1, -0.05) is 34.1 Å². The summed E-state index contributed by atoms with van der Waals surface area (Å²) in [4.78, 5) is 12.0. The van der Waals surface area contributed by atoms with Gasteiger partial charge in [-0.05, 0) is 12.1 Å². The van der Waals surface area contributed by atoms with E-state index in [-0.39, 0.29) is 9.77 Å². The highest BCUT2D eigenvalue weighted by Gasteiger charge is 2.26. The van der Waals surface area contributed by atoms with Gasteiger partial charge in [-0.15, -0.1) is 11.3 Å². The molecule has 0 unspecified atom stereocenters. The molecular formula is C12H8BrClO4S2. The van der Waals surface area contributed by atoms with Crippen molar-refractivity contribution in [3.8, 4) is 10.4 Å². The second kappa shape index (κ2) is 5.85. The van der Waals surface area contributed by atoms with Gasteiger partial charge in [-0.3, -0.25) is 0 Å². The van der Waals surface area contributed by atoms with Gasteiger partial charge >= 0.3 is 5.97 Å². The summed E-state index contributed by atoms with van der Waals surface area (Å²) in [6, 6.07) is 8.65. The Balaban J connectivity index is 2.67. The van der Waals surface area contributed by atoms with Crippen molar-refractivity contribution in [2.75, 3.05) is 7.11 Å². The maximum absolute atomic E-state index is 11.7. The molecule has 0 fully saturated rings. The van der Waals surface area contributed by atoms with Gasteiger partial charge in [0.15, 0.2) is 0 Å². The van der Waals surface area contributed by atoms with E-state index in [9.17, 15) is 13.2 Å². The molecule has 1 heterocycles. The Kier molecular flexibility index (Phi) is 4.53. The zero-order chi connectivity index (χ0) is 14.9. The Morgan fingerprint density at radius 2 is 2.00 bits per heavy atom. The molecule has 0 bridgehead atoms. The Morgan fingerprint density at radius 1 is 1.35 bits per heavy atom. The number of benzene rings is 1. The van der Waals surface area contributed by atoms with Gasteiger partial charge < -0.3 is 4.74 Å². The first kappa shape index (κ1) is 15.5. The van der Waals surface area contributed by atoms with Gasteiger partial charge in [0.1, 0.15) is 9.77 Å². The lowest BCUT2D eigenvalue weighted by atomic mass is 10.2. The van der Waals surface area contributed by atoms with E-state index in [1.54, 1.807) is 0 Å². The largest absolute Gasteiger partial charge is 0.465 e. The van der Waals surface area contributed by atoms with E-state index in [4.69, 9.17) is 10.7 Å². The molecule has 8 heteroatoms. The van der Waals surface area contributed by atoms with Gasteiger partial charge in [0.25, 0.3) is 9.05 Å². The van der Waals surface area contributed by atoms with Crippen molar-refractivity contribution in [2.45, 2.75) is 4.90 Å². The van der Waals surface area contributed by atoms with Crippen molar-refractivity contribution in [1.29, 1.82) is 0 Å². The molecule has 2 aromatic rings. The lowest BCUT2D eigenvalue weighted by Crippen LogP contribution is -2.03. The molecule has 0 N–H and O–H groups in total. The van der Waals surface area contributed by atoms with Crippen LogP contribution < -0.4 is 0 Å². The topological polar surface area (TPSA) is 60.4 Å². The molecular weight excluding hydrogens is 388 g/mol. The Bertz CT molecular complexity index is 768. The summed E-state index contributed by atoms with van der Waals surface area (Å²) in [5.41, 5.74) is 0.772. The molecule has 2 rings (SSSR count). The van der Waals surface area contributed by atoms with Crippen LogP contribution in [0.2, 0.25) is 0 Å². The lowest BCUT2D eigenvalue weighted by Gasteiger charge is -1.99. The number of methoxy groups -OCH3 is 1. The van der Waals surface area contributed by atoms with E-state index in [1.807, 2.05) is 24.3 Å². The molecule has 0 amide bonds. The zero-order valence-corrected chi connectivity index (χ0v) is 14.1. The van der Waals surface area contributed by atoms with Crippen molar-refractivity contribution in [1.82, 2.24) is 0 Å². The first-order chi connectivity index (χ1) is 9.34. The number of thiophene rings is 1. The van der Waals surface area contributed by atoms with Gasteiger partial charge in [-0.2, -0.15) is 0 Å². The van der Waals surface area contributed by atoms with Crippen LogP contribution in [0.5, 0.6) is 0 Å². The van der Waals surface area contributed by atoms with Crippen LogP contribution in [0.4, 0.5) is 0 Å². The highest BCUT2D eigenvalue weighted by molar-refractivity contribution is 9.10. The average molecular weight is 396 g/mol. The Labute approximate surface area is 132 Å². The minimum atomic E-state index is -4.02. The van der Waals surface area contributed by atoms with Crippen molar-refractivity contribution in [3.05, 3.63) is 39.7 Å². The van der Waals surface area contributed by atoms with Crippen LogP contribution in [0, 0.1) is 0 Å². The maximum atomic E-state index is 11.7. The lowest BCUT2D eigenvalue weighted by molar-refractivity contribution is 0.0602. The third-order valence-corrected chi connectivity index (χ3v) is 5.79. The van der Waals surface area contributed by atoms with E-state index in [2.05, 4.69) is 20.7 Å². The molecule has 1 aromatic heterocycles.